The number of hydrogen-bond acceptors (Lipinski definition) is 3. The minimum Gasteiger partial charge on any atom is -0.481 e. The Bertz CT molecular complexity index is 664. The van der Waals surface area contributed by atoms with Gasteiger partial charge in [0.05, 0.1) is 11.5 Å². The van der Waals surface area contributed by atoms with Crippen LogP contribution in [0.4, 0.5) is 0 Å². The fourth-order valence-electron chi connectivity index (χ4n) is 2.83. The molecular formula is C15H15NO3S. The first-order valence-electron chi connectivity index (χ1n) is 6.66. The molecule has 4 nitrogen and oxygen atoms in total. The van der Waals surface area contributed by atoms with Gasteiger partial charge in [-0.25, -0.2) is 0 Å². The number of aliphatic carboxylic acids is 1. The zero-order chi connectivity index (χ0) is 14.1. The van der Waals surface area contributed by atoms with Gasteiger partial charge in [-0.15, -0.1) is 11.3 Å². The van der Waals surface area contributed by atoms with Crippen LogP contribution >= 0.6 is 11.3 Å². The van der Waals surface area contributed by atoms with Gasteiger partial charge >= 0.3 is 5.97 Å². The maximum atomic E-state index is 12.3. The van der Waals surface area contributed by atoms with Crippen molar-refractivity contribution in [1.29, 1.82) is 0 Å². The summed E-state index contributed by atoms with van der Waals surface area (Å²) in [6, 6.07) is 7.49. The van der Waals surface area contributed by atoms with Crippen LogP contribution in [0.25, 0.3) is 10.1 Å². The molecular weight excluding hydrogens is 274 g/mol. The van der Waals surface area contributed by atoms with Crippen LogP contribution in [-0.2, 0) is 4.79 Å². The molecule has 3 rings (SSSR count). The highest BCUT2D eigenvalue weighted by molar-refractivity contribution is 7.17. The van der Waals surface area contributed by atoms with Crippen molar-refractivity contribution in [2.24, 2.45) is 5.92 Å². The molecule has 0 aliphatic heterocycles. The average molecular weight is 289 g/mol. The third-order valence-electron chi connectivity index (χ3n) is 3.88. The molecule has 1 amide bonds. The van der Waals surface area contributed by atoms with Crippen molar-refractivity contribution in [3.05, 3.63) is 35.2 Å². The van der Waals surface area contributed by atoms with Crippen LogP contribution in [0, 0.1) is 5.92 Å². The molecule has 2 atom stereocenters. The van der Waals surface area contributed by atoms with Crippen LogP contribution < -0.4 is 5.32 Å². The standard InChI is InChI=1S/C15H15NO3S/c17-14(16-12-6-3-5-10(12)15(18)19)11-8-20-13-7-2-1-4-9(11)13/h1-2,4,7-8,10,12H,3,5-6H2,(H,16,17)(H,18,19)/t10-,12+/m1/s1. The Balaban J connectivity index is 1.81. The molecule has 1 aromatic heterocycles. The number of rotatable bonds is 3. The minimum absolute atomic E-state index is 0.166. The SMILES string of the molecule is O=C(N[C@H]1CCC[C@H]1C(=O)O)c1csc2ccccc12. The van der Waals surface area contributed by atoms with Crippen molar-refractivity contribution < 1.29 is 14.7 Å². The number of amides is 1. The highest BCUT2D eigenvalue weighted by Crippen LogP contribution is 2.28. The third kappa shape index (κ3) is 2.29. The van der Waals surface area contributed by atoms with Crippen molar-refractivity contribution in [2.45, 2.75) is 25.3 Å². The number of thiophene rings is 1. The first-order valence-corrected chi connectivity index (χ1v) is 7.54. The molecule has 1 aliphatic carbocycles. The second-order valence-electron chi connectivity index (χ2n) is 5.10. The summed E-state index contributed by atoms with van der Waals surface area (Å²) >= 11 is 1.53. The van der Waals surface area contributed by atoms with E-state index in [0.717, 1.165) is 22.9 Å². The number of nitrogens with one attached hydrogen (secondary N) is 1. The maximum absolute atomic E-state index is 12.3. The van der Waals surface area contributed by atoms with E-state index in [0.29, 0.717) is 12.0 Å². The van der Waals surface area contributed by atoms with Gasteiger partial charge in [0.25, 0.3) is 5.91 Å². The van der Waals surface area contributed by atoms with Crippen LogP contribution in [0.2, 0.25) is 0 Å². The number of carboxylic acid groups (broad SMARTS) is 1. The monoisotopic (exact) mass is 289 g/mol. The first-order chi connectivity index (χ1) is 9.66. The van der Waals surface area contributed by atoms with Gasteiger partial charge in [-0.2, -0.15) is 0 Å². The Hall–Kier alpha value is -1.88. The molecule has 2 N–H and O–H groups in total. The second kappa shape index (κ2) is 5.25. The van der Waals surface area contributed by atoms with E-state index >= 15 is 0 Å². The fourth-order valence-corrected chi connectivity index (χ4v) is 3.77. The number of carbonyl (C=O) groups is 2. The molecule has 104 valence electrons. The zero-order valence-electron chi connectivity index (χ0n) is 10.8. The van der Waals surface area contributed by atoms with E-state index in [2.05, 4.69) is 5.32 Å². The Kier molecular flexibility index (Phi) is 3.44. The van der Waals surface area contributed by atoms with Gasteiger partial charge < -0.3 is 10.4 Å². The van der Waals surface area contributed by atoms with Gasteiger partial charge in [0.2, 0.25) is 0 Å². The number of hydrogen-bond donors (Lipinski definition) is 2. The molecule has 0 spiro atoms. The number of fused-ring (bicyclic) bond motifs is 1. The smallest absolute Gasteiger partial charge is 0.308 e. The Labute approximate surface area is 120 Å². The average Bonchev–Trinajstić information content (AvgIpc) is 3.04. The van der Waals surface area contributed by atoms with E-state index in [1.54, 1.807) is 0 Å². The molecule has 20 heavy (non-hydrogen) atoms. The van der Waals surface area contributed by atoms with Gasteiger partial charge in [0.15, 0.2) is 0 Å². The van der Waals surface area contributed by atoms with Crippen molar-refractivity contribution in [2.75, 3.05) is 0 Å². The largest absolute Gasteiger partial charge is 0.481 e. The summed E-state index contributed by atoms with van der Waals surface area (Å²) in [5.41, 5.74) is 0.640. The normalized spacial score (nSPS) is 22.0. The molecule has 1 saturated carbocycles. The molecule has 0 unspecified atom stereocenters. The van der Waals surface area contributed by atoms with Crippen LogP contribution in [0.1, 0.15) is 29.6 Å². The van der Waals surface area contributed by atoms with E-state index in [1.807, 2.05) is 29.6 Å². The molecule has 0 bridgehead atoms. The lowest BCUT2D eigenvalue weighted by Gasteiger charge is -2.17. The second-order valence-corrected chi connectivity index (χ2v) is 6.01. The highest BCUT2D eigenvalue weighted by Gasteiger charge is 2.34. The Morgan fingerprint density at radius 3 is 2.85 bits per heavy atom. The lowest BCUT2D eigenvalue weighted by molar-refractivity contribution is -0.142. The van der Waals surface area contributed by atoms with E-state index in [-0.39, 0.29) is 11.9 Å². The van der Waals surface area contributed by atoms with Crippen LogP contribution in [0.5, 0.6) is 0 Å². The van der Waals surface area contributed by atoms with Gasteiger partial charge in [0, 0.05) is 21.5 Å². The Morgan fingerprint density at radius 1 is 1.25 bits per heavy atom. The molecule has 1 heterocycles. The molecule has 2 aromatic rings. The Morgan fingerprint density at radius 2 is 2.05 bits per heavy atom. The van der Waals surface area contributed by atoms with Crippen molar-refractivity contribution in [3.63, 3.8) is 0 Å². The lowest BCUT2D eigenvalue weighted by atomic mass is 10.0. The molecule has 1 fully saturated rings. The highest BCUT2D eigenvalue weighted by atomic mass is 32.1. The van der Waals surface area contributed by atoms with Crippen molar-refractivity contribution in [3.8, 4) is 0 Å². The lowest BCUT2D eigenvalue weighted by Crippen LogP contribution is -2.40. The summed E-state index contributed by atoms with van der Waals surface area (Å²) in [4.78, 5) is 23.5. The molecule has 5 heteroatoms. The van der Waals surface area contributed by atoms with Crippen molar-refractivity contribution in [1.82, 2.24) is 5.32 Å². The van der Waals surface area contributed by atoms with Crippen LogP contribution in [0.3, 0.4) is 0 Å². The molecule has 0 radical (unpaired) electrons. The molecule has 1 aromatic carbocycles. The van der Waals surface area contributed by atoms with Gasteiger partial charge in [-0.05, 0) is 18.9 Å². The number of carboxylic acids is 1. The summed E-state index contributed by atoms with van der Waals surface area (Å²) in [6.07, 6.45) is 2.24. The summed E-state index contributed by atoms with van der Waals surface area (Å²) in [5.74, 6) is -1.44. The maximum Gasteiger partial charge on any atom is 0.308 e. The molecule has 0 saturated heterocycles. The van der Waals surface area contributed by atoms with Gasteiger partial charge in [-0.3, -0.25) is 9.59 Å². The predicted octanol–water partition coefficient (Wildman–Crippen LogP) is 2.88. The number of benzene rings is 1. The summed E-state index contributed by atoms with van der Waals surface area (Å²) in [5, 5.41) is 14.8. The van der Waals surface area contributed by atoms with Gasteiger partial charge in [-0.1, -0.05) is 24.6 Å². The van der Waals surface area contributed by atoms with Crippen molar-refractivity contribution >= 4 is 33.3 Å². The predicted molar refractivity (Wildman–Crippen MR) is 78.1 cm³/mol. The first kappa shape index (κ1) is 13.1. The quantitative estimate of drug-likeness (QED) is 0.913. The van der Waals surface area contributed by atoms with Gasteiger partial charge in [0.1, 0.15) is 0 Å². The van der Waals surface area contributed by atoms with Crippen LogP contribution in [0.15, 0.2) is 29.6 Å². The summed E-state index contributed by atoms with van der Waals surface area (Å²) < 4.78 is 1.07. The topological polar surface area (TPSA) is 66.4 Å². The summed E-state index contributed by atoms with van der Waals surface area (Å²) in [7, 11) is 0. The molecule has 1 aliphatic rings. The minimum atomic E-state index is -0.817. The number of carbonyl (C=O) groups excluding carboxylic acids is 1. The van der Waals surface area contributed by atoms with Crippen LogP contribution in [-0.4, -0.2) is 23.0 Å². The van der Waals surface area contributed by atoms with E-state index in [9.17, 15) is 9.59 Å². The van der Waals surface area contributed by atoms with E-state index in [1.165, 1.54) is 11.3 Å². The van der Waals surface area contributed by atoms with E-state index in [4.69, 9.17) is 5.11 Å². The van der Waals surface area contributed by atoms with E-state index < -0.39 is 11.9 Å². The summed E-state index contributed by atoms with van der Waals surface area (Å²) in [6.45, 7) is 0. The third-order valence-corrected chi connectivity index (χ3v) is 4.84. The zero-order valence-corrected chi connectivity index (χ0v) is 11.7. The fraction of sp³-hybridized carbons (Fsp3) is 0.333.